The maximum atomic E-state index is 8.89. The molecule has 21 heavy (non-hydrogen) atoms. The van der Waals surface area contributed by atoms with Gasteiger partial charge in [0, 0.05) is 17.4 Å². The van der Waals surface area contributed by atoms with E-state index in [4.69, 9.17) is 19.3 Å². The van der Waals surface area contributed by atoms with Gasteiger partial charge < -0.3 is 19.3 Å². The number of aliphatic hydroxyl groups is 1. The van der Waals surface area contributed by atoms with E-state index in [0.717, 1.165) is 11.3 Å². The molecule has 0 radical (unpaired) electrons. The van der Waals surface area contributed by atoms with Gasteiger partial charge >= 0.3 is 0 Å². The average Bonchev–Trinajstić information content (AvgIpc) is 2.53. The van der Waals surface area contributed by atoms with Gasteiger partial charge in [0.05, 0.1) is 26.4 Å². The van der Waals surface area contributed by atoms with Crippen molar-refractivity contribution in [3.05, 3.63) is 42.0 Å². The minimum absolute atomic E-state index is 0.0594. The molecule has 0 spiro atoms. The van der Waals surface area contributed by atoms with Crippen molar-refractivity contribution in [2.45, 2.75) is 26.2 Å². The normalized spacial score (nSPS) is 27.7. The van der Waals surface area contributed by atoms with Crippen LogP contribution < -0.4 is 4.74 Å². The summed E-state index contributed by atoms with van der Waals surface area (Å²) in [6.07, 6.45) is 3.49. The molecule has 0 amide bonds. The molecule has 4 atom stereocenters. The number of aliphatic hydroxyl groups excluding tert-OH is 1. The van der Waals surface area contributed by atoms with Crippen LogP contribution in [0.3, 0.4) is 0 Å². The molecule has 1 aliphatic rings. The van der Waals surface area contributed by atoms with Crippen molar-refractivity contribution in [3.8, 4) is 5.75 Å². The molecule has 0 bridgehead atoms. The van der Waals surface area contributed by atoms with Gasteiger partial charge in [-0.15, -0.1) is 0 Å². The first-order chi connectivity index (χ1) is 10.2. The second kappa shape index (κ2) is 7.59. The Bertz CT molecular complexity index is 454. The lowest BCUT2D eigenvalue weighted by atomic mass is 9.92. The van der Waals surface area contributed by atoms with Crippen LogP contribution in [0.5, 0.6) is 5.75 Å². The number of benzene rings is 1. The van der Waals surface area contributed by atoms with Crippen molar-refractivity contribution < 1.29 is 19.3 Å². The topological polar surface area (TPSA) is 47.9 Å². The van der Waals surface area contributed by atoms with Crippen LogP contribution in [0.4, 0.5) is 0 Å². The molecule has 116 valence electrons. The summed E-state index contributed by atoms with van der Waals surface area (Å²) in [5, 5.41) is 8.89. The molecule has 0 unspecified atom stereocenters. The summed E-state index contributed by atoms with van der Waals surface area (Å²) in [6, 6.07) is 7.74. The molecule has 4 heteroatoms. The van der Waals surface area contributed by atoms with E-state index >= 15 is 0 Å². The smallest absolute Gasteiger partial charge is 0.184 e. The molecule has 1 aromatic rings. The molecule has 0 aliphatic carbocycles. The summed E-state index contributed by atoms with van der Waals surface area (Å²) in [7, 11) is 1.65. The zero-order valence-electron chi connectivity index (χ0n) is 12.9. The third kappa shape index (κ3) is 4.06. The summed E-state index contributed by atoms with van der Waals surface area (Å²) < 4.78 is 17.1. The van der Waals surface area contributed by atoms with Gasteiger partial charge in [0.2, 0.25) is 0 Å². The van der Waals surface area contributed by atoms with Crippen LogP contribution in [0.1, 0.15) is 25.7 Å². The highest BCUT2D eigenvalue weighted by atomic mass is 16.7. The summed E-state index contributed by atoms with van der Waals surface area (Å²) >= 11 is 0. The van der Waals surface area contributed by atoms with Crippen LogP contribution >= 0.6 is 0 Å². The fourth-order valence-electron chi connectivity index (χ4n) is 2.61. The SMILES string of the molecule is COc1ccc([C@@H]2OC[C@H](C)[C@H]([C@@H](C)/C=C/CO)O2)cc1. The van der Waals surface area contributed by atoms with Gasteiger partial charge in [-0.05, 0) is 12.1 Å². The number of rotatable bonds is 5. The average molecular weight is 292 g/mol. The lowest BCUT2D eigenvalue weighted by Crippen LogP contribution is -2.38. The van der Waals surface area contributed by atoms with E-state index in [1.165, 1.54) is 0 Å². The zero-order valence-corrected chi connectivity index (χ0v) is 12.9. The highest BCUT2D eigenvalue weighted by Crippen LogP contribution is 2.33. The Hall–Kier alpha value is -1.36. The van der Waals surface area contributed by atoms with Crippen LogP contribution in [0.15, 0.2) is 36.4 Å². The summed E-state index contributed by atoms with van der Waals surface area (Å²) in [5.74, 6) is 1.37. The molecule has 0 aromatic heterocycles. The first-order valence-electron chi connectivity index (χ1n) is 7.34. The van der Waals surface area contributed by atoms with E-state index in [1.54, 1.807) is 13.2 Å². The molecular formula is C17H24O4. The molecule has 1 heterocycles. The predicted molar refractivity (Wildman–Crippen MR) is 81.1 cm³/mol. The molecule has 1 aromatic carbocycles. The van der Waals surface area contributed by atoms with E-state index in [1.807, 2.05) is 30.3 Å². The largest absolute Gasteiger partial charge is 0.497 e. The molecule has 1 N–H and O–H groups in total. The molecule has 2 rings (SSSR count). The molecular weight excluding hydrogens is 268 g/mol. The molecule has 0 saturated carbocycles. The molecule has 1 saturated heterocycles. The van der Waals surface area contributed by atoms with Gasteiger partial charge in [-0.25, -0.2) is 0 Å². The molecule has 1 aliphatic heterocycles. The first kappa shape index (κ1) is 16.0. The minimum atomic E-state index is -0.345. The Morgan fingerprint density at radius 3 is 2.71 bits per heavy atom. The first-order valence-corrected chi connectivity index (χ1v) is 7.34. The Morgan fingerprint density at radius 1 is 1.38 bits per heavy atom. The van der Waals surface area contributed by atoms with Gasteiger partial charge in [-0.3, -0.25) is 0 Å². The van der Waals surface area contributed by atoms with Crippen LogP contribution in [0.25, 0.3) is 0 Å². The summed E-state index contributed by atoms with van der Waals surface area (Å²) in [4.78, 5) is 0. The van der Waals surface area contributed by atoms with Crippen LogP contribution in [0.2, 0.25) is 0 Å². The van der Waals surface area contributed by atoms with Crippen LogP contribution in [-0.4, -0.2) is 31.5 Å². The van der Waals surface area contributed by atoms with Crippen LogP contribution in [-0.2, 0) is 9.47 Å². The van der Waals surface area contributed by atoms with Gasteiger partial charge in [0.1, 0.15) is 5.75 Å². The Kier molecular flexibility index (Phi) is 5.79. The summed E-state index contributed by atoms with van der Waals surface area (Å²) in [6.45, 7) is 4.95. The number of hydrogen-bond donors (Lipinski definition) is 1. The lowest BCUT2D eigenvalue weighted by molar-refractivity contribution is -0.245. The van der Waals surface area contributed by atoms with E-state index in [0.29, 0.717) is 12.5 Å². The highest BCUT2D eigenvalue weighted by molar-refractivity contribution is 5.28. The van der Waals surface area contributed by atoms with Gasteiger partial charge in [0.15, 0.2) is 6.29 Å². The van der Waals surface area contributed by atoms with Crippen molar-refractivity contribution in [1.29, 1.82) is 0 Å². The fraction of sp³-hybridized carbons (Fsp3) is 0.529. The Morgan fingerprint density at radius 2 is 2.10 bits per heavy atom. The van der Waals surface area contributed by atoms with E-state index in [-0.39, 0.29) is 24.9 Å². The van der Waals surface area contributed by atoms with Crippen molar-refractivity contribution in [3.63, 3.8) is 0 Å². The number of hydrogen-bond acceptors (Lipinski definition) is 4. The third-order valence-corrected chi connectivity index (χ3v) is 3.80. The maximum Gasteiger partial charge on any atom is 0.184 e. The maximum absolute atomic E-state index is 8.89. The van der Waals surface area contributed by atoms with Crippen LogP contribution in [0, 0.1) is 11.8 Å². The monoisotopic (exact) mass is 292 g/mol. The number of methoxy groups -OCH3 is 1. The van der Waals surface area contributed by atoms with E-state index < -0.39 is 0 Å². The highest BCUT2D eigenvalue weighted by Gasteiger charge is 2.32. The fourth-order valence-corrected chi connectivity index (χ4v) is 2.61. The second-order valence-corrected chi connectivity index (χ2v) is 5.49. The van der Waals surface area contributed by atoms with Gasteiger partial charge in [-0.1, -0.05) is 38.1 Å². The van der Waals surface area contributed by atoms with E-state index in [9.17, 15) is 0 Å². The van der Waals surface area contributed by atoms with Crippen molar-refractivity contribution in [2.24, 2.45) is 11.8 Å². The number of ether oxygens (including phenoxy) is 3. The van der Waals surface area contributed by atoms with Crippen molar-refractivity contribution >= 4 is 0 Å². The standard InChI is InChI=1S/C17H24O4/c1-12(5-4-10-18)16-13(2)11-20-17(21-16)14-6-8-15(19-3)9-7-14/h4-9,12-13,16-18H,10-11H2,1-3H3/b5-4+/t12-,13-,16-,17+/m0/s1. The molecule has 1 fully saturated rings. The van der Waals surface area contributed by atoms with Crippen molar-refractivity contribution in [2.75, 3.05) is 20.3 Å². The lowest BCUT2D eigenvalue weighted by Gasteiger charge is -2.37. The van der Waals surface area contributed by atoms with E-state index in [2.05, 4.69) is 13.8 Å². The zero-order chi connectivity index (χ0) is 15.2. The Labute approximate surface area is 126 Å². The van der Waals surface area contributed by atoms with Gasteiger partial charge in [0.25, 0.3) is 0 Å². The van der Waals surface area contributed by atoms with Crippen molar-refractivity contribution in [1.82, 2.24) is 0 Å². The Balaban J connectivity index is 2.06. The quantitative estimate of drug-likeness (QED) is 0.848. The molecule has 4 nitrogen and oxygen atoms in total. The van der Waals surface area contributed by atoms with Gasteiger partial charge in [-0.2, -0.15) is 0 Å². The predicted octanol–water partition coefficient (Wildman–Crippen LogP) is 2.93. The third-order valence-electron chi connectivity index (χ3n) is 3.80. The second-order valence-electron chi connectivity index (χ2n) is 5.49. The summed E-state index contributed by atoms with van der Waals surface area (Å²) in [5.41, 5.74) is 0.992. The minimum Gasteiger partial charge on any atom is -0.497 e.